The van der Waals surface area contributed by atoms with Crippen molar-refractivity contribution in [2.45, 2.75) is 72.3 Å². The lowest BCUT2D eigenvalue weighted by Crippen LogP contribution is -2.34. The normalized spacial score (nSPS) is 15.6. The van der Waals surface area contributed by atoms with Crippen LogP contribution in [0.5, 0.6) is 0 Å². The molecule has 2 atom stereocenters. The van der Waals surface area contributed by atoms with E-state index in [0.29, 0.717) is 0 Å². The first-order valence-corrected chi connectivity index (χ1v) is 6.83. The molecule has 0 rings (SSSR count). The van der Waals surface area contributed by atoms with E-state index < -0.39 is 0 Å². The number of nitrogens with zero attached hydrogens (tertiary/aromatic N) is 1. The van der Waals surface area contributed by atoms with E-state index in [1.54, 1.807) is 0 Å². The van der Waals surface area contributed by atoms with E-state index in [1.807, 2.05) is 0 Å². The lowest BCUT2D eigenvalue weighted by Gasteiger charge is -2.28. The van der Waals surface area contributed by atoms with Gasteiger partial charge in [-0.3, -0.25) is 0 Å². The van der Waals surface area contributed by atoms with Gasteiger partial charge in [0.15, 0.2) is 0 Å². The highest BCUT2D eigenvalue weighted by Gasteiger charge is 2.14. The van der Waals surface area contributed by atoms with Crippen LogP contribution in [0.2, 0.25) is 0 Å². The third-order valence-corrected chi connectivity index (χ3v) is 3.78. The highest BCUT2D eigenvalue weighted by atomic mass is 15.1. The van der Waals surface area contributed by atoms with Gasteiger partial charge < -0.3 is 4.90 Å². The number of unbranched alkanes of at least 4 members (excludes halogenated alkanes) is 4. The lowest BCUT2D eigenvalue weighted by atomic mass is 9.95. The Hall–Kier alpha value is -0.0400. The van der Waals surface area contributed by atoms with Crippen molar-refractivity contribution in [2.75, 3.05) is 13.6 Å². The molecule has 0 saturated carbocycles. The molecule has 0 aromatic carbocycles. The molecular weight excluding hydrogens is 182 g/mol. The van der Waals surface area contributed by atoms with E-state index in [1.165, 1.54) is 45.1 Å². The Balaban J connectivity index is 3.50. The van der Waals surface area contributed by atoms with Crippen LogP contribution in [-0.4, -0.2) is 24.5 Å². The molecule has 0 bridgehead atoms. The fraction of sp³-hybridized carbons (Fsp3) is 1.00. The third-order valence-electron chi connectivity index (χ3n) is 3.78. The molecule has 1 nitrogen and oxygen atoms in total. The van der Waals surface area contributed by atoms with E-state index in [-0.39, 0.29) is 0 Å². The van der Waals surface area contributed by atoms with Crippen molar-refractivity contribution in [2.24, 2.45) is 5.92 Å². The summed E-state index contributed by atoms with van der Waals surface area (Å²) in [5.41, 5.74) is 0. The van der Waals surface area contributed by atoms with Crippen molar-refractivity contribution in [1.29, 1.82) is 0 Å². The van der Waals surface area contributed by atoms with Gasteiger partial charge in [0.2, 0.25) is 0 Å². The van der Waals surface area contributed by atoms with Gasteiger partial charge in [0.25, 0.3) is 0 Å². The summed E-state index contributed by atoms with van der Waals surface area (Å²) in [6.45, 7) is 10.4. The van der Waals surface area contributed by atoms with Crippen LogP contribution in [-0.2, 0) is 0 Å². The van der Waals surface area contributed by atoms with Crippen LogP contribution in [0.15, 0.2) is 0 Å². The quantitative estimate of drug-likeness (QED) is 0.515. The molecule has 0 amide bonds. The average molecular weight is 213 g/mol. The Morgan fingerprint density at radius 2 is 1.53 bits per heavy atom. The topological polar surface area (TPSA) is 3.24 Å². The van der Waals surface area contributed by atoms with E-state index in [9.17, 15) is 0 Å². The Morgan fingerprint density at radius 3 is 2.07 bits per heavy atom. The molecule has 0 aromatic rings. The van der Waals surface area contributed by atoms with Crippen LogP contribution < -0.4 is 0 Å². The molecule has 0 spiro atoms. The Labute approximate surface area is 97.2 Å². The van der Waals surface area contributed by atoms with E-state index in [2.05, 4.69) is 39.6 Å². The first kappa shape index (κ1) is 15.0. The van der Waals surface area contributed by atoms with Crippen molar-refractivity contribution in [3.63, 3.8) is 0 Å². The molecule has 1 heteroatoms. The molecule has 0 aromatic heterocycles. The summed E-state index contributed by atoms with van der Waals surface area (Å²) in [5.74, 6) is 0.844. The summed E-state index contributed by atoms with van der Waals surface area (Å²) in [5, 5.41) is 0. The van der Waals surface area contributed by atoms with Crippen molar-refractivity contribution in [3.05, 3.63) is 0 Å². The predicted octanol–water partition coefficient (Wildman–Crippen LogP) is 4.32. The van der Waals surface area contributed by atoms with Gasteiger partial charge in [0.1, 0.15) is 0 Å². The summed E-state index contributed by atoms with van der Waals surface area (Å²) in [6.07, 6.45) is 8.45. The lowest BCUT2D eigenvalue weighted by molar-refractivity contribution is 0.198. The molecule has 0 heterocycles. The zero-order chi connectivity index (χ0) is 11.7. The Bertz CT molecular complexity index is 133. The maximum absolute atomic E-state index is 2.46. The van der Waals surface area contributed by atoms with Crippen molar-refractivity contribution >= 4 is 0 Å². The fourth-order valence-corrected chi connectivity index (χ4v) is 2.03. The van der Waals surface area contributed by atoms with Crippen LogP contribution in [0.25, 0.3) is 0 Å². The maximum atomic E-state index is 2.46. The molecular formula is C14H31N. The third kappa shape index (κ3) is 6.94. The fourth-order valence-electron chi connectivity index (χ4n) is 2.03. The van der Waals surface area contributed by atoms with Gasteiger partial charge in [-0.25, -0.2) is 0 Å². The summed E-state index contributed by atoms with van der Waals surface area (Å²) in [7, 11) is 2.23. The van der Waals surface area contributed by atoms with Gasteiger partial charge in [0, 0.05) is 6.04 Å². The molecule has 0 aliphatic rings. The molecule has 92 valence electrons. The highest BCUT2D eigenvalue weighted by Crippen LogP contribution is 2.17. The standard InChI is InChI=1S/C14H31N/c1-6-8-9-10-11-12-13(3)14(4)15(5)7-2/h13-14H,6-12H2,1-5H3. The Morgan fingerprint density at radius 1 is 0.933 bits per heavy atom. The smallest absolute Gasteiger partial charge is 0.00893 e. The van der Waals surface area contributed by atoms with Gasteiger partial charge in [-0.15, -0.1) is 0 Å². The molecule has 0 fully saturated rings. The molecule has 0 aliphatic heterocycles. The van der Waals surface area contributed by atoms with Crippen molar-refractivity contribution in [3.8, 4) is 0 Å². The second-order valence-electron chi connectivity index (χ2n) is 4.99. The first-order valence-electron chi connectivity index (χ1n) is 6.83. The van der Waals surface area contributed by atoms with E-state index in [0.717, 1.165) is 12.0 Å². The van der Waals surface area contributed by atoms with Gasteiger partial charge in [-0.05, 0) is 32.9 Å². The van der Waals surface area contributed by atoms with Crippen LogP contribution in [0.1, 0.15) is 66.2 Å². The Kier molecular flexibility index (Phi) is 9.18. The number of rotatable bonds is 9. The van der Waals surface area contributed by atoms with Crippen molar-refractivity contribution in [1.82, 2.24) is 4.90 Å². The van der Waals surface area contributed by atoms with Gasteiger partial charge in [0.05, 0.1) is 0 Å². The number of hydrogen-bond acceptors (Lipinski definition) is 1. The van der Waals surface area contributed by atoms with Gasteiger partial charge in [-0.1, -0.05) is 52.9 Å². The summed E-state index contributed by atoms with van der Waals surface area (Å²) in [6, 6.07) is 0.737. The van der Waals surface area contributed by atoms with Crippen molar-refractivity contribution < 1.29 is 0 Å². The molecule has 2 unspecified atom stereocenters. The molecule has 0 saturated heterocycles. The van der Waals surface area contributed by atoms with Crippen LogP contribution in [0.3, 0.4) is 0 Å². The minimum absolute atomic E-state index is 0.737. The largest absolute Gasteiger partial charge is 0.304 e. The van der Waals surface area contributed by atoms with Gasteiger partial charge >= 0.3 is 0 Å². The van der Waals surface area contributed by atoms with Crippen LogP contribution in [0, 0.1) is 5.92 Å². The molecule has 0 N–H and O–H groups in total. The molecule has 15 heavy (non-hydrogen) atoms. The summed E-state index contributed by atoms with van der Waals surface area (Å²) >= 11 is 0. The zero-order valence-electron chi connectivity index (χ0n) is 11.6. The SMILES string of the molecule is CCCCCCCC(C)C(C)N(C)CC. The molecule has 0 radical (unpaired) electrons. The maximum Gasteiger partial charge on any atom is 0.00893 e. The number of hydrogen-bond donors (Lipinski definition) is 0. The minimum atomic E-state index is 0.737. The highest BCUT2D eigenvalue weighted by molar-refractivity contribution is 4.69. The molecule has 0 aliphatic carbocycles. The second kappa shape index (κ2) is 9.21. The average Bonchev–Trinajstić information content (AvgIpc) is 2.26. The summed E-state index contributed by atoms with van der Waals surface area (Å²) < 4.78 is 0. The summed E-state index contributed by atoms with van der Waals surface area (Å²) in [4.78, 5) is 2.46. The van der Waals surface area contributed by atoms with Gasteiger partial charge in [-0.2, -0.15) is 0 Å². The monoisotopic (exact) mass is 213 g/mol. The zero-order valence-corrected chi connectivity index (χ0v) is 11.6. The minimum Gasteiger partial charge on any atom is -0.304 e. The predicted molar refractivity (Wildman–Crippen MR) is 70.3 cm³/mol. The van der Waals surface area contributed by atoms with Crippen LogP contribution in [0.4, 0.5) is 0 Å². The first-order chi connectivity index (χ1) is 7.13. The van der Waals surface area contributed by atoms with E-state index in [4.69, 9.17) is 0 Å². The van der Waals surface area contributed by atoms with Crippen LogP contribution >= 0.6 is 0 Å². The second-order valence-corrected chi connectivity index (χ2v) is 4.99. The van der Waals surface area contributed by atoms with E-state index >= 15 is 0 Å².